The van der Waals surface area contributed by atoms with Crippen LogP contribution >= 0.6 is 0 Å². The van der Waals surface area contributed by atoms with Gasteiger partial charge in [0.05, 0.1) is 12.2 Å². The van der Waals surface area contributed by atoms with Crippen LogP contribution in [-0.4, -0.2) is 23.9 Å². The lowest BCUT2D eigenvalue weighted by atomic mass is 9.56. The number of rotatable bonds is 2. The van der Waals surface area contributed by atoms with Gasteiger partial charge in [0.1, 0.15) is 0 Å². The van der Waals surface area contributed by atoms with E-state index in [1.165, 1.54) is 32.1 Å². The maximum atomic E-state index is 9.84. The second kappa shape index (κ2) is 3.58. The summed E-state index contributed by atoms with van der Waals surface area (Å²) in [6.07, 6.45) is 7.40. The van der Waals surface area contributed by atoms with Gasteiger partial charge in [-0.05, 0) is 19.8 Å². The zero-order chi connectivity index (χ0) is 9.31. The monoisotopic (exact) mass is 184 g/mol. The molecule has 0 aliphatic heterocycles. The highest BCUT2D eigenvalue weighted by molar-refractivity contribution is 5.05. The highest BCUT2D eigenvalue weighted by Gasteiger charge is 2.54. The van der Waals surface area contributed by atoms with E-state index in [-0.39, 0.29) is 11.5 Å². The van der Waals surface area contributed by atoms with E-state index in [4.69, 9.17) is 4.74 Å². The molecule has 2 atom stereocenters. The Morgan fingerprint density at radius 3 is 2.54 bits per heavy atom. The van der Waals surface area contributed by atoms with Gasteiger partial charge in [-0.25, -0.2) is 0 Å². The standard InChI is InChI=1S/C11H20O2/c1-2-13-10-8-9(12)11(10)6-4-3-5-7-11/h9-10,12H,2-8H2,1H3/t9-,10+/m0/s1. The van der Waals surface area contributed by atoms with E-state index in [0.29, 0.717) is 6.10 Å². The van der Waals surface area contributed by atoms with Crippen molar-refractivity contribution in [3.05, 3.63) is 0 Å². The highest BCUT2D eigenvalue weighted by atomic mass is 16.5. The first-order valence-corrected chi connectivity index (χ1v) is 5.59. The van der Waals surface area contributed by atoms with Crippen LogP contribution in [0.25, 0.3) is 0 Å². The Balaban J connectivity index is 1.99. The fourth-order valence-electron chi connectivity index (χ4n) is 3.03. The zero-order valence-corrected chi connectivity index (χ0v) is 8.46. The van der Waals surface area contributed by atoms with Crippen LogP contribution in [0.5, 0.6) is 0 Å². The van der Waals surface area contributed by atoms with Gasteiger partial charge in [-0.1, -0.05) is 19.3 Å². The minimum atomic E-state index is -0.0793. The third-order valence-electron chi connectivity index (χ3n) is 3.89. The number of aliphatic hydroxyl groups is 1. The first kappa shape index (κ1) is 9.47. The maximum absolute atomic E-state index is 9.84. The second-order valence-electron chi connectivity index (χ2n) is 4.49. The Hall–Kier alpha value is -0.0800. The van der Waals surface area contributed by atoms with Crippen molar-refractivity contribution in [2.24, 2.45) is 5.41 Å². The third kappa shape index (κ3) is 1.40. The van der Waals surface area contributed by atoms with Crippen molar-refractivity contribution < 1.29 is 9.84 Å². The minimum Gasteiger partial charge on any atom is -0.392 e. The van der Waals surface area contributed by atoms with Crippen LogP contribution in [0.2, 0.25) is 0 Å². The van der Waals surface area contributed by atoms with Crippen molar-refractivity contribution in [2.75, 3.05) is 6.61 Å². The lowest BCUT2D eigenvalue weighted by Crippen LogP contribution is -2.58. The van der Waals surface area contributed by atoms with E-state index in [1.807, 2.05) is 6.92 Å². The molecule has 2 fully saturated rings. The van der Waals surface area contributed by atoms with Crippen molar-refractivity contribution in [3.8, 4) is 0 Å². The highest BCUT2D eigenvalue weighted by Crippen LogP contribution is 2.53. The SMILES string of the molecule is CCO[C@@H]1C[C@H](O)C12CCCCC2. The number of hydrogen-bond acceptors (Lipinski definition) is 2. The molecule has 2 heteroatoms. The molecule has 0 saturated heterocycles. The second-order valence-corrected chi connectivity index (χ2v) is 4.49. The molecule has 0 bridgehead atoms. The molecule has 1 spiro atoms. The normalized spacial score (nSPS) is 37.4. The van der Waals surface area contributed by atoms with E-state index in [0.717, 1.165) is 13.0 Å². The topological polar surface area (TPSA) is 29.5 Å². The lowest BCUT2D eigenvalue weighted by Gasteiger charge is -2.55. The van der Waals surface area contributed by atoms with Gasteiger partial charge in [0, 0.05) is 18.4 Å². The predicted molar refractivity (Wildman–Crippen MR) is 51.6 cm³/mol. The third-order valence-corrected chi connectivity index (χ3v) is 3.89. The van der Waals surface area contributed by atoms with Crippen LogP contribution < -0.4 is 0 Å². The first-order chi connectivity index (χ1) is 6.29. The maximum Gasteiger partial charge on any atom is 0.0680 e. The summed E-state index contributed by atoms with van der Waals surface area (Å²) in [6, 6.07) is 0. The van der Waals surface area contributed by atoms with Crippen LogP contribution in [0.3, 0.4) is 0 Å². The lowest BCUT2D eigenvalue weighted by molar-refractivity contribution is -0.204. The number of aliphatic hydroxyl groups excluding tert-OH is 1. The molecule has 0 aromatic rings. The van der Waals surface area contributed by atoms with Crippen LogP contribution in [0.4, 0.5) is 0 Å². The largest absolute Gasteiger partial charge is 0.392 e. The molecular formula is C11H20O2. The van der Waals surface area contributed by atoms with Crippen LogP contribution in [0.15, 0.2) is 0 Å². The van der Waals surface area contributed by atoms with Crippen LogP contribution in [0, 0.1) is 5.41 Å². The van der Waals surface area contributed by atoms with Crippen molar-refractivity contribution in [2.45, 2.75) is 57.7 Å². The summed E-state index contributed by atoms with van der Waals surface area (Å²) in [5.74, 6) is 0. The van der Waals surface area contributed by atoms with E-state index in [2.05, 4.69) is 0 Å². The molecule has 0 aromatic heterocycles. The van der Waals surface area contributed by atoms with Crippen molar-refractivity contribution in [1.82, 2.24) is 0 Å². The molecule has 0 amide bonds. The van der Waals surface area contributed by atoms with Crippen molar-refractivity contribution >= 4 is 0 Å². The van der Waals surface area contributed by atoms with E-state index >= 15 is 0 Å². The predicted octanol–water partition coefficient (Wildman–Crippen LogP) is 2.11. The van der Waals surface area contributed by atoms with Gasteiger partial charge in [-0.2, -0.15) is 0 Å². The summed E-state index contributed by atoms with van der Waals surface area (Å²) < 4.78 is 5.68. The molecule has 0 unspecified atom stereocenters. The smallest absolute Gasteiger partial charge is 0.0680 e. The van der Waals surface area contributed by atoms with Crippen LogP contribution in [0.1, 0.15) is 45.4 Å². The van der Waals surface area contributed by atoms with Crippen molar-refractivity contribution in [1.29, 1.82) is 0 Å². The van der Waals surface area contributed by atoms with E-state index < -0.39 is 0 Å². The molecule has 0 radical (unpaired) electrons. The van der Waals surface area contributed by atoms with Crippen molar-refractivity contribution in [3.63, 3.8) is 0 Å². The number of ether oxygens (including phenoxy) is 1. The quantitative estimate of drug-likeness (QED) is 0.712. The van der Waals surface area contributed by atoms with Gasteiger partial charge in [0.2, 0.25) is 0 Å². The number of hydrogen-bond donors (Lipinski definition) is 1. The molecule has 76 valence electrons. The van der Waals surface area contributed by atoms with Gasteiger partial charge in [-0.3, -0.25) is 0 Å². The minimum absolute atomic E-state index is 0.0793. The Morgan fingerprint density at radius 1 is 1.31 bits per heavy atom. The van der Waals surface area contributed by atoms with Gasteiger partial charge in [0.15, 0.2) is 0 Å². The van der Waals surface area contributed by atoms with Gasteiger partial charge in [0.25, 0.3) is 0 Å². The van der Waals surface area contributed by atoms with Gasteiger partial charge < -0.3 is 9.84 Å². The average Bonchev–Trinajstić information content (AvgIpc) is 2.19. The summed E-state index contributed by atoms with van der Waals surface area (Å²) in [6.45, 7) is 2.83. The fraction of sp³-hybridized carbons (Fsp3) is 1.00. The molecule has 13 heavy (non-hydrogen) atoms. The van der Waals surface area contributed by atoms with E-state index in [9.17, 15) is 5.11 Å². The van der Waals surface area contributed by atoms with E-state index in [1.54, 1.807) is 0 Å². The zero-order valence-electron chi connectivity index (χ0n) is 8.46. The molecule has 0 heterocycles. The molecular weight excluding hydrogens is 164 g/mol. The summed E-state index contributed by atoms with van der Waals surface area (Å²) in [5, 5.41) is 9.84. The molecule has 1 N–H and O–H groups in total. The Labute approximate surface area is 80.3 Å². The summed E-state index contributed by atoms with van der Waals surface area (Å²) in [5.41, 5.74) is 0.161. The molecule has 0 aromatic carbocycles. The summed E-state index contributed by atoms with van der Waals surface area (Å²) in [4.78, 5) is 0. The fourth-order valence-corrected chi connectivity index (χ4v) is 3.03. The molecule has 2 aliphatic carbocycles. The summed E-state index contributed by atoms with van der Waals surface area (Å²) >= 11 is 0. The molecule has 2 nitrogen and oxygen atoms in total. The van der Waals surface area contributed by atoms with Gasteiger partial charge in [-0.15, -0.1) is 0 Å². The summed E-state index contributed by atoms with van der Waals surface area (Å²) in [7, 11) is 0. The molecule has 2 aliphatic rings. The Morgan fingerprint density at radius 2 is 2.00 bits per heavy atom. The first-order valence-electron chi connectivity index (χ1n) is 5.59. The average molecular weight is 184 g/mol. The molecule has 2 rings (SSSR count). The Bertz CT molecular complexity index is 171. The Kier molecular flexibility index (Phi) is 2.61. The molecule has 2 saturated carbocycles. The van der Waals surface area contributed by atoms with Gasteiger partial charge >= 0.3 is 0 Å². The van der Waals surface area contributed by atoms with Crippen LogP contribution in [-0.2, 0) is 4.74 Å².